The van der Waals surface area contributed by atoms with Crippen LogP contribution in [0.1, 0.15) is 19.3 Å². The molecule has 0 aromatic heterocycles. The normalized spacial score (nSPS) is 23.4. The third-order valence-corrected chi connectivity index (χ3v) is 8.18. The minimum Gasteiger partial charge on any atom is -0.497 e. The summed E-state index contributed by atoms with van der Waals surface area (Å²) >= 11 is 0. The zero-order valence-electron chi connectivity index (χ0n) is 13.6. The van der Waals surface area contributed by atoms with Gasteiger partial charge < -0.3 is 9.47 Å². The van der Waals surface area contributed by atoms with E-state index in [0.29, 0.717) is 12.2 Å². The Bertz CT molecular complexity index is 830. The lowest BCUT2D eigenvalue weighted by atomic mass is 10.2. The number of benzene rings is 1. The van der Waals surface area contributed by atoms with E-state index in [-0.39, 0.29) is 28.2 Å². The molecular formula is C15H21NO6S2. The highest BCUT2D eigenvalue weighted by molar-refractivity contribution is 7.92. The van der Waals surface area contributed by atoms with E-state index in [9.17, 15) is 16.8 Å². The number of hydrogen-bond donors (Lipinski definition) is 0. The lowest BCUT2D eigenvalue weighted by Gasteiger charge is -2.28. The van der Waals surface area contributed by atoms with Crippen LogP contribution in [0.15, 0.2) is 23.1 Å². The van der Waals surface area contributed by atoms with Gasteiger partial charge in [0.15, 0.2) is 9.84 Å². The summed E-state index contributed by atoms with van der Waals surface area (Å²) in [6.07, 6.45) is 1.84. The molecule has 0 spiro atoms. The van der Waals surface area contributed by atoms with Crippen LogP contribution in [0.25, 0.3) is 0 Å². The quantitative estimate of drug-likeness (QED) is 0.738. The average Bonchev–Trinajstić information content (AvgIpc) is 3.30. The molecule has 7 nitrogen and oxygen atoms in total. The zero-order chi connectivity index (χ0) is 17.5. The smallest absolute Gasteiger partial charge is 0.247 e. The molecule has 9 heteroatoms. The molecule has 2 fully saturated rings. The standard InChI is InChI=1S/C15H21NO6S2/c1-21-13-5-6-14(22-2)15(9-13)24(19,20)16(11-3-4-11)12-7-8-23(17,18)10-12/h5-6,9,11-12H,3-4,7-8,10H2,1-2H3/t12-/m0/s1. The first-order chi connectivity index (χ1) is 11.3. The summed E-state index contributed by atoms with van der Waals surface area (Å²) in [5, 5.41) is 0. The Hall–Kier alpha value is -1.32. The maximum Gasteiger partial charge on any atom is 0.247 e. The van der Waals surface area contributed by atoms with E-state index < -0.39 is 25.9 Å². The fourth-order valence-corrected chi connectivity index (χ4v) is 6.97. The van der Waals surface area contributed by atoms with Crippen LogP contribution in [0, 0.1) is 0 Å². The highest BCUT2D eigenvalue weighted by Gasteiger charge is 2.47. The Kier molecular flexibility index (Phi) is 4.52. The van der Waals surface area contributed by atoms with Gasteiger partial charge in [0.25, 0.3) is 0 Å². The second kappa shape index (κ2) is 6.20. The van der Waals surface area contributed by atoms with Crippen molar-refractivity contribution in [3.63, 3.8) is 0 Å². The summed E-state index contributed by atoms with van der Waals surface area (Å²) < 4.78 is 61.8. The van der Waals surface area contributed by atoms with E-state index >= 15 is 0 Å². The van der Waals surface area contributed by atoms with Crippen LogP contribution < -0.4 is 9.47 Å². The Morgan fingerprint density at radius 3 is 2.29 bits per heavy atom. The monoisotopic (exact) mass is 375 g/mol. The molecule has 0 N–H and O–H groups in total. The van der Waals surface area contributed by atoms with E-state index in [1.807, 2.05) is 0 Å². The maximum absolute atomic E-state index is 13.3. The van der Waals surface area contributed by atoms with Gasteiger partial charge in [0.05, 0.1) is 25.7 Å². The first-order valence-corrected chi connectivity index (χ1v) is 11.0. The molecule has 1 aromatic carbocycles. The molecule has 0 amide bonds. The van der Waals surface area contributed by atoms with Crippen molar-refractivity contribution in [3.8, 4) is 11.5 Å². The van der Waals surface area contributed by atoms with Crippen molar-refractivity contribution in [1.82, 2.24) is 4.31 Å². The SMILES string of the molecule is COc1ccc(OC)c(S(=O)(=O)N(C2CC2)[C@H]2CCS(=O)(=O)C2)c1. The molecule has 1 saturated heterocycles. The van der Waals surface area contributed by atoms with Gasteiger partial charge in [-0.05, 0) is 31.4 Å². The number of ether oxygens (including phenoxy) is 2. The molecule has 3 rings (SSSR count). The third-order valence-electron chi connectivity index (χ3n) is 4.40. The van der Waals surface area contributed by atoms with Gasteiger partial charge in [0.1, 0.15) is 16.4 Å². The van der Waals surface area contributed by atoms with Gasteiger partial charge in [-0.15, -0.1) is 0 Å². The molecule has 1 heterocycles. The van der Waals surface area contributed by atoms with Crippen molar-refractivity contribution in [2.24, 2.45) is 0 Å². The highest BCUT2D eigenvalue weighted by Crippen LogP contribution is 2.39. The molecule has 1 aromatic rings. The summed E-state index contributed by atoms with van der Waals surface area (Å²) in [5.41, 5.74) is 0. The first kappa shape index (κ1) is 17.5. The van der Waals surface area contributed by atoms with E-state index in [4.69, 9.17) is 9.47 Å². The maximum atomic E-state index is 13.3. The van der Waals surface area contributed by atoms with E-state index in [0.717, 1.165) is 12.8 Å². The van der Waals surface area contributed by atoms with E-state index in [1.54, 1.807) is 12.1 Å². The van der Waals surface area contributed by atoms with Crippen molar-refractivity contribution >= 4 is 19.9 Å². The molecule has 1 saturated carbocycles. The van der Waals surface area contributed by atoms with Crippen molar-refractivity contribution in [2.75, 3.05) is 25.7 Å². The van der Waals surface area contributed by atoms with Crippen molar-refractivity contribution in [2.45, 2.75) is 36.2 Å². The van der Waals surface area contributed by atoms with Gasteiger partial charge in [-0.3, -0.25) is 0 Å². The van der Waals surface area contributed by atoms with Gasteiger partial charge in [-0.25, -0.2) is 16.8 Å². The number of nitrogens with zero attached hydrogens (tertiary/aromatic N) is 1. The predicted octanol–water partition coefficient (Wildman–Crippen LogP) is 1.04. The molecule has 1 aliphatic heterocycles. The molecule has 0 radical (unpaired) electrons. The van der Waals surface area contributed by atoms with Gasteiger partial charge in [0.2, 0.25) is 10.0 Å². The molecule has 134 valence electrons. The third kappa shape index (κ3) is 3.25. The van der Waals surface area contributed by atoms with Crippen LogP contribution in [0.3, 0.4) is 0 Å². The van der Waals surface area contributed by atoms with Crippen LogP contribution >= 0.6 is 0 Å². The Labute approximate surface area is 142 Å². The number of sulfone groups is 1. The largest absolute Gasteiger partial charge is 0.497 e. The van der Waals surface area contributed by atoms with Crippen LogP contribution in [-0.2, 0) is 19.9 Å². The fraction of sp³-hybridized carbons (Fsp3) is 0.600. The fourth-order valence-electron chi connectivity index (χ4n) is 3.09. The minimum atomic E-state index is -3.88. The molecule has 1 aliphatic carbocycles. The van der Waals surface area contributed by atoms with Crippen LogP contribution in [0.5, 0.6) is 11.5 Å². The highest BCUT2D eigenvalue weighted by atomic mass is 32.2. The van der Waals surface area contributed by atoms with Gasteiger partial charge in [0, 0.05) is 18.2 Å². The lowest BCUT2D eigenvalue weighted by Crippen LogP contribution is -2.42. The van der Waals surface area contributed by atoms with Crippen LogP contribution in [-0.4, -0.2) is 58.9 Å². The number of methoxy groups -OCH3 is 2. The van der Waals surface area contributed by atoms with Gasteiger partial charge in [-0.1, -0.05) is 0 Å². The van der Waals surface area contributed by atoms with E-state index in [2.05, 4.69) is 0 Å². The summed E-state index contributed by atoms with van der Waals surface area (Å²) in [6, 6.07) is 3.95. The van der Waals surface area contributed by atoms with Gasteiger partial charge in [-0.2, -0.15) is 4.31 Å². The molecule has 2 aliphatic rings. The molecule has 0 bridgehead atoms. The Morgan fingerprint density at radius 1 is 1.08 bits per heavy atom. The molecule has 0 unspecified atom stereocenters. The average molecular weight is 375 g/mol. The Balaban J connectivity index is 2.04. The zero-order valence-corrected chi connectivity index (χ0v) is 15.3. The summed E-state index contributed by atoms with van der Waals surface area (Å²) in [6.45, 7) is 0. The van der Waals surface area contributed by atoms with Crippen LogP contribution in [0.4, 0.5) is 0 Å². The number of hydrogen-bond acceptors (Lipinski definition) is 6. The number of rotatable bonds is 6. The lowest BCUT2D eigenvalue weighted by molar-refractivity contribution is 0.328. The van der Waals surface area contributed by atoms with Crippen molar-refractivity contribution in [1.29, 1.82) is 0 Å². The molecule has 24 heavy (non-hydrogen) atoms. The number of sulfonamides is 1. The summed E-state index contributed by atoms with van der Waals surface area (Å²) in [5.74, 6) is 0.548. The van der Waals surface area contributed by atoms with Gasteiger partial charge >= 0.3 is 0 Å². The second-order valence-electron chi connectivity index (χ2n) is 6.14. The van der Waals surface area contributed by atoms with Crippen molar-refractivity contribution in [3.05, 3.63) is 18.2 Å². The van der Waals surface area contributed by atoms with Crippen molar-refractivity contribution < 1.29 is 26.3 Å². The topological polar surface area (TPSA) is 90.0 Å². The summed E-state index contributed by atoms with van der Waals surface area (Å²) in [7, 11) is -4.20. The molecule has 1 atom stereocenters. The summed E-state index contributed by atoms with van der Waals surface area (Å²) in [4.78, 5) is 0.0144. The Morgan fingerprint density at radius 2 is 1.79 bits per heavy atom. The van der Waals surface area contributed by atoms with Crippen LogP contribution in [0.2, 0.25) is 0 Å². The predicted molar refractivity (Wildman–Crippen MR) is 88.7 cm³/mol. The molecular weight excluding hydrogens is 354 g/mol. The minimum absolute atomic E-state index is 0.0144. The first-order valence-electron chi connectivity index (χ1n) is 7.74. The van der Waals surface area contributed by atoms with E-state index in [1.165, 1.54) is 24.6 Å². The second-order valence-corrected chi connectivity index (χ2v) is 10.2.